The van der Waals surface area contributed by atoms with Crippen LogP contribution in [0.5, 0.6) is 0 Å². The zero-order chi connectivity index (χ0) is 11.1. The third-order valence-electron chi connectivity index (χ3n) is 2.08. The van der Waals surface area contributed by atoms with Gasteiger partial charge in [-0.15, -0.1) is 0 Å². The fraction of sp³-hybridized carbons (Fsp3) is 0.778. The lowest BCUT2D eigenvalue weighted by molar-refractivity contribution is -0.142. The largest absolute Gasteiger partial charge is 0.480 e. The van der Waals surface area contributed by atoms with Crippen molar-refractivity contribution in [2.45, 2.75) is 26.3 Å². The summed E-state index contributed by atoms with van der Waals surface area (Å²) in [5.41, 5.74) is 0. The number of aliphatic carboxylic acids is 1. The highest BCUT2D eigenvalue weighted by Crippen LogP contribution is 1.96. The molecule has 5 nitrogen and oxygen atoms in total. The van der Waals surface area contributed by atoms with E-state index in [4.69, 9.17) is 5.11 Å². The van der Waals surface area contributed by atoms with E-state index in [9.17, 15) is 9.59 Å². The van der Waals surface area contributed by atoms with Gasteiger partial charge in [-0.05, 0) is 20.9 Å². The smallest absolute Gasteiger partial charge is 0.320 e. The highest BCUT2D eigenvalue weighted by atomic mass is 16.4. The van der Waals surface area contributed by atoms with E-state index in [1.807, 2.05) is 6.92 Å². The van der Waals surface area contributed by atoms with Gasteiger partial charge in [0, 0.05) is 19.5 Å². The molecule has 0 rings (SSSR count). The quantitative estimate of drug-likeness (QED) is 0.632. The number of nitrogens with zero attached hydrogens (tertiary/aromatic N) is 1. The molecule has 0 aromatic rings. The van der Waals surface area contributed by atoms with Gasteiger partial charge in [-0.25, -0.2) is 0 Å². The molecule has 2 N–H and O–H groups in total. The van der Waals surface area contributed by atoms with E-state index >= 15 is 0 Å². The summed E-state index contributed by atoms with van der Waals surface area (Å²) in [5, 5.41) is 11.3. The minimum Gasteiger partial charge on any atom is -0.480 e. The lowest BCUT2D eigenvalue weighted by atomic mass is 10.3. The van der Waals surface area contributed by atoms with E-state index in [1.54, 1.807) is 18.9 Å². The van der Waals surface area contributed by atoms with E-state index in [-0.39, 0.29) is 5.91 Å². The summed E-state index contributed by atoms with van der Waals surface area (Å²) in [6, 6.07) is -0.551. The maximum absolute atomic E-state index is 11.1. The van der Waals surface area contributed by atoms with Crippen molar-refractivity contribution in [3.05, 3.63) is 0 Å². The Kier molecular flexibility index (Phi) is 5.87. The SMILES string of the molecule is CCNC(=O)CCN(C)C(C)C(=O)O. The van der Waals surface area contributed by atoms with Crippen LogP contribution in [-0.2, 0) is 9.59 Å². The Morgan fingerprint density at radius 2 is 2.07 bits per heavy atom. The second kappa shape index (κ2) is 6.37. The lowest BCUT2D eigenvalue weighted by Crippen LogP contribution is -2.38. The molecule has 0 bridgehead atoms. The Labute approximate surface area is 84.1 Å². The zero-order valence-electron chi connectivity index (χ0n) is 8.91. The first-order valence-electron chi connectivity index (χ1n) is 4.68. The maximum atomic E-state index is 11.1. The minimum atomic E-state index is -0.872. The summed E-state index contributed by atoms with van der Waals surface area (Å²) in [6.45, 7) is 4.51. The molecule has 0 saturated heterocycles. The normalized spacial score (nSPS) is 12.6. The third-order valence-corrected chi connectivity index (χ3v) is 2.08. The number of hydrogen-bond donors (Lipinski definition) is 2. The van der Waals surface area contributed by atoms with Crippen molar-refractivity contribution >= 4 is 11.9 Å². The average Bonchev–Trinajstić information content (AvgIpc) is 2.13. The standard InChI is InChI=1S/C9H18N2O3/c1-4-10-8(12)5-6-11(3)7(2)9(13)14/h7H,4-6H2,1-3H3,(H,10,12)(H,13,14). The Hall–Kier alpha value is -1.10. The molecule has 5 heteroatoms. The molecular weight excluding hydrogens is 184 g/mol. The summed E-state index contributed by atoms with van der Waals surface area (Å²) in [5.74, 6) is -0.916. The summed E-state index contributed by atoms with van der Waals surface area (Å²) < 4.78 is 0. The van der Waals surface area contributed by atoms with Gasteiger partial charge in [0.1, 0.15) is 6.04 Å². The van der Waals surface area contributed by atoms with Crippen LogP contribution >= 0.6 is 0 Å². The Bertz CT molecular complexity index is 206. The number of likely N-dealkylation sites (N-methyl/N-ethyl adjacent to an activating group) is 1. The third kappa shape index (κ3) is 4.81. The molecule has 0 aliphatic heterocycles. The monoisotopic (exact) mass is 202 g/mol. The molecule has 0 aliphatic rings. The number of carbonyl (C=O) groups is 2. The molecule has 0 radical (unpaired) electrons. The molecule has 1 atom stereocenters. The van der Waals surface area contributed by atoms with Crippen molar-refractivity contribution in [1.82, 2.24) is 10.2 Å². The first-order valence-corrected chi connectivity index (χ1v) is 4.68. The molecular formula is C9H18N2O3. The fourth-order valence-electron chi connectivity index (χ4n) is 0.946. The van der Waals surface area contributed by atoms with Crippen molar-refractivity contribution < 1.29 is 14.7 Å². The van der Waals surface area contributed by atoms with Gasteiger partial charge >= 0.3 is 5.97 Å². The fourth-order valence-corrected chi connectivity index (χ4v) is 0.946. The Balaban J connectivity index is 3.78. The van der Waals surface area contributed by atoms with Crippen molar-refractivity contribution in [2.75, 3.05) is 20.1 Å². The second-order valence-corrected chi connectivity index (χ2v) is 3.20. The maximum Gasteiger partial charge on any atom is 0.320 e. The number of carboxylic acids is 1. The van der Waals surface area contributed by atoms with Crippen LogP contribution in [0.15, 0.2) is 0 Å². The average molecular weight is 202 g/mol. The molecule has 1 unspecified atom stereocenters. The van der Waals surface area contributed by atoms with Gasteiger partial charge in [0.05, 0.1) is 0 Å². The van der Waals surface area contributed by atoms with E-state index in [2.05, 4.69) is 5.32 Å². The lowest BCUT2D eigenvalue weighted by Gasteiger charge is -2.20. The summed E-state index contributed by atoms with van der Waals surface area (Å²) in [6.07, 6.45) is 0.335. The van der Waals surface area contributed by atoms with E-state index < -0.39 is 12.0 Å². The number of nitrogens with one attached hydrogen (secondary N) is 1. The molecule has 0 spiro atoms. The number of hydrogen-bond acceptors (Lipinski definition) is 3. The molecule has 14 heavy (non-hydrogen) atoms. The van der Waals surface area contributed by atoms with Gasteiger partial charge in [-0.1, -0.05) is 0 Å². The molecule has 0 saturated carbocycles. The first kappa shape index (κ1) is 12.9. The number of amides is 1. The Morgan fingerprint density at radius 3 is 2.50 bits per heavy atom. The topological polar surface area (TPSA) is 69.6 Å². The van der Waals surface area contributed by atoms with Crippen LogP contribution < -0.4 is 5.32 Å². The zero-order valence-corrected chi connectivity index (χ0v) is 8.91. The van der Waals surface area contributed by atoms with Gasteiger partial charge in [-0.2, -0.15) is 0 Å². The molecule has 0 aromatic carbocycles. The van der Waals surface area contributed by atoms with Crippen LogP contribution in [0.1, 0.15) is 20.3 Å². The second-order valence-electron chi connectivity index (χ2n) is 3.20. The Morgan fingerprint density at radius 1 is 1.50 bits per heavy atom. The van der Waals surface area contributed by atoms with Crippen LogP contribution in [0.2, 0.25) is 0 Å². The van der Waals surface area contributed by atoms with Crippen LogP contribution in [0, 0.1) is 0 Å². The van der Waals surface area contributed by atoms with E-state index in [0.29, 0.717) is 19.5 Å². The molecule has 0 aromatic heterocycles. The van der Waals surface area contributed by atoms with Crippen LogP contribution in [0.25, 0.3) is 0 Å². The summed E-state index contributed by atoms with van der Waals surface area (Å²) in [7, 11) is 1.69. The van der Waals surface area contributed by atoms with Crippen molar-refractivity contribution in [1.29, 1.82) is 0 Å². The summed E-state index contributed by atoms with van der Waals surface area (Å²) >= 11 is 0. The molecule has 0 heterocycles. The summed E-state index contributed by atoms with van der Waals surface area (Å²) in [4.78, 5) is 23.3. The van der Waals surface area contributed by atoms with Gasteiger partial charge in [-0.3, -0.25) is 14.5 Å². The molecule has 1 amide bonds. The van der Waals surface area contributed by atoms with Crippen LogP contribution in [0.3, 0.4) is 0 Å². The minimum absolute atomic E-state index is 0.0445. The van der Waals surface area contributed by atoms with Crippen LogP contribution in [-0.4, -0.2) is 48.1 Å². The van der Waals surface area contributed by atoms with Crippen molar-refractivity contribution in [2.24, 2.45) is 0 Å². The predicted molar refractivity (Wildman–Crippen MR) is 53.0 cm³/mol. The van der Waals surface area contributed by atoms with E-state index in [0.717, 1.165) is 0 Å². The van der Waals surface area contributed by atoms with Gasteiger partial charge in [0.25, 0.3) is 0 Å². The van der Waals surface area contributed by atoms with E-state index in [1.165, 1.54) is 0 Å². The highest BCUT2D eigenvalue weighted by Gasteiger charge is 2.16. The molecule has 0 fully saturated rings. The first-order chi connectivity index (χ1) is 6.49. The molecule has 0 aliphatic carbocycles. The number of carbonyl (C=O) groups excluding carboxylic acids is 1. The van der Waals surface area contributed by atoms with Crippen molar-refractivity contribution in [3.8, 4) is 0 Å². The number of carboxylic acid groups (broad SMARTS) is 1. The van der Waals surface area contributed by atoms with Gasteiger partial charge < -0.3 is 10.4 Å². The van der Waals surface area contributed by atoms with Crippen molar-refractivity contribution in [3.63, 3.8) is 0 Å². The highest BCUT2D eigenvalue weighted by molar-refractivity contribution is 5.76. The van der Waals surface area contributed by atoms with Crippen LogP contribution in [0.4, 0.5) is 0 Å². The molecule has 82 valence electrons. The van der Waals surface area contributed by atoms with Gasteiger partial charge in [0.2, 0.25) is 5.91 Å². The van der Waals surface area contributed by atoms with Gasteiger partial charge in [0.15, 0.2) is 0 Å². The predicted octanol–water partition coefficient (Wildman–Crippen LogP) is -0.0825. The number of rotatable bonds is 6.